The Morgan fingerprint density at radius 1 is 1.19 bits per heavy atom. The molecule has 1 aliphatic rings. The molecule has 2 aromatic heterocycles. The maximum Gasteiger partial charge on any atom is 0.417 e. The Balaban J connectivity index is 1.50. The Bertz CT molecular complexity index is 1320. The van der Waals surface area contributed by atoms with Crippen LogP contribution in [0.15, 0.2) is 42.6 Å². The van der Waals surface area contributed by atoms with Gasteiger partial charge < -0.3 is 10.1 Å². The van der Waals surface area contributed by atoms with Crippen molar-refractivity contribution in [2.75, 3.05) is 11.5 Å². The van der Waals surface area contributed by atoms with Gasteiger partial charge in [0.25, 0.3) is 5.91 Å². The summed E-state index contributed by atoms with van der Waals surface area (Å²) in [6.07, 6.45) is -3.58. The van der Waals surface area contributed by atoms with E-state index in [-0.39, 0.29) is 33.9 Å². The standard InChI is InChI=1S/C20H15ClF3N3O4S/c21-15-8-12(20(22,23)24)9-25-19(15)31-14-2-4-16-11(7-14)1-3-17(27-16)18(28)26-13-5-6-32(29,30)10-13/h1-4,7-9,13H,5-6,10H2,(H,26,28). The van der Waals surface area contributed by atoms with Crippen molar-refractivity contribution in [2.24, 2.45) is 0 Å². The molecule has 1 N–H and O–H groups in total. The highest BCUT2D eigenvalue weighted by molar-refractivity contribution is 7.91. The molecule has 1 unspecified atom stereocenters. The first-order chi connectivity index (χ1) is 15.0. The van der Waals surface area contributed by atoms with E-state index in [1.54, 1.807) is 18.2 Å². The number of hydrogen-bond acceptors (Lipinski definition) is 6. The molecule has 3 aromatic rings. The van der Waals surface area contributed by atoms with E-state index in [2.05, 4.69) is 15.3 Å². The normalized spacial score (nSPS) is 17.9. The molecule has 0 saturated carbocycles. The van der Waals surface area contributed by atoms with Gasteiger partial charge in [0.05, 0.1) is 22.6 Å². The number of carbonyl (C=O) groups is 1. The number of fused-ring (bicyclic) bond motifs is 1. The van der Waals surface area contributed by atoms with Gasteiger partial charge in [-0.2, -0.15) is 13.2 Å². The molecule has 1 fully saturated rings. The molecule has 12 heteroatoms. The quantitative estimate of drug-likeness (QED) is 0.599. The highest BCUT2D eigenvalue weighted by atomic mass is 35.5. The van der Waals surface area contributed by atoms with E-state index in [0.29, 0.717) is 23.5 Å². The van der Waals surface area contributed by atoms with Crippen molar-refractivity contribution < 1.29 is 31.1 Å². The van der Waals surface area contributed by atoms with Gasteiger partial charge in [0.15, 0.2) is 9.84 Å². The molecule has 7 nitrogen and oxygen atoms in total. The van der Waals surface area contributed by atoms with Crippen molar-refractivity contribution in [1.82, 2.24) is 15.3 Å². The van der Waals surface area contributed by atoms with Crippen LogP contribution in [0.3, 0.4) is 0 Å². The molecule has 1 saturated heterocycles. The Hall–Kier alpha value is -2.92. The van der Waals surface area contributed by atoms with Crippen LogP contribution in [0.4, 0.5) is 13.2 Å². The lowest BCUT2D eigenvalue weighted by molar-refractivity contribution is -0.137. The van der Waals surface area contributed by atoms with Gasteiger partial charge in [-0.25, -0.2) is 18.4 Å². The fourth-order valence-electron chi connectivity index (χ4n) is 3.23. The SMILES string of the molecule is O=C(NC1CCS(=O)(=O)C1)c1ccc2cc(Oc3ncc(C(F)(F)F)cc3Cl)ccc2n1. The number of nitrogens with one attached hydrogen (secondary N) is 1. The van der Waals surface area contributed by atoms with Crippen molar-refractivity contribution in [1.29, 1.82) is 0 Å². The summed E-state index contributed by atoms with van der Waals surface area (Å²) in [6.45, 7) is 0. The van der Waals surface area contributed by atoms with Gasteiger partial charge in [-0.15, -0.1) is 0 Å². The van der Waals surface area contributed by atoms with E-state index in [9.17, 15) is 26.4 Å². The lowest BCUT2D eigenvalue weighted by Crippen LogP contribution is -2.36. The molecule has 0 bridgehead atoms. The number of carbonyl (C=O) groups excluding carboxylic acids is 1. The Labute approximate surface area is 185 Å². The summed E-state index contributed by atoms with van der Waals surface area (Å²) in [4.78, 5) is 20.3. The fraction of sp³-hybridized carbons (Fsp3) is 0.250. The monoisotopic (exact) mass is 485 g/mol. The second-order valence-corrected chi connectivity index (χ2v) is 9.87. The molecular formula is C20H15ClF3N3O4S. The lowest BCUT2D eigenvalue weighted by atomic mass is 10.2. The minimum absolute atomic E-state index is 0.0453. The van der Waals surface area contributed by atoms with Crippen LogP contribution in [0.1, 0.15) is 22.5 Å². The molecular weight excluding hydrogens is 471 g/mol. The summed E-state index contributed by atoms with van der Waals surface area (Å²) in [6, 6.07) is 8.04. The summed E-state index contributed by atoms with van der Waals surface area (Å²) in [7, 11) is -3.12. The van der Waals surface area contributed by atoms with E-state index < -0.39 is 33.5 Å². The first-order valence-electron chi connectivity index (χ1n) is 9.33. The van der Waals surface area contributed by atoms with Crippen LogP contribution in [0.25, 0.3) is 10.9 Å². The Morgan fingerprint density at radius 3 is 2.62 bits per heavy atom. The molecule has 1 atom stereocenters. The summed E-state index contributed by atoms with van der Waals surface area (Å²) < 4.78 is 66.8. The van der Waals surface area contributed by atoms with Crippen molar-refractivity contribution in [3.8, 4) is 11.6 Å². The number of aromatic nitrogens is 2. The molecule has 1 amide bonds. The topological polar surface area (TPSA) is 98.2 Å². The third kappa shape index (κ3) is 4.94. The number of hydrogen-bond donors (Lipinski definition) is 1. The smallest absolute Gasteiger partial charge is 0.417 e. The molecule has 32 heavy (non-hydrogen) atoms. The van der Waals surface area contributed by atoms with Crippen LogP contribution in [-0.2, 0) is 16.0 Å². The zero-order valence-corrected chi connectivity index (χ0v) is 17.8. The summed E-state index contributed by atoms with van der Waals surface area (Å²) in [5.74, 6) is -0.441. The van der Waals surface area contributed by atoms with Gasteiger partial charge in [-0.05, 0) is 36.8 Å². The van der Waals surface area contributed by atoms with Crippen LogP contribution in [0.5, 0.6) is 11.6 Å². The average Bonchev–Trinajstić information content (AvgIpc) is 3.06. The van der Waals surface area contributed by atoms with Gasteiger partial charge in [0.1, 0.15) is 16.5 Å². The van der Waals surface area contributed by atoms with Gasteiger partial charge in [0, 0.05) is 17.6 Å². The van der Waals surface area contributed by atoms with Crippen LogP contribution < -0.4 is 10.1 Å². The fourth-order valence-corrected chi connectivity index (χ4v) is 5.11. The lowest BCUT2D eigenvalue weighted by Gasteiger charge is -2.12. The molecule has 3 heterocycles. The number of rotatable bonds is 4. The van der Waals surface area contributed by atoms with Crippen LogP contribution in [0, 0.1) is 0 Å². The number of halogens is 4. The highest BCUT2D eigenvalue weighted by Gasteiger charge is 2.32. The number of nitrogens with zero attached hydrogens (tertiary/aromatic N) is 2. The van der Waals surface area contributed by atoms with Crippen molar-refractivity contribution in [3.05, 3.63) is 58.9 Å². The number of sulfone groups is 1. The zero-order chi connectivity index (χ0) is 23.1. The second-order valence-electron chi connectivity index (χ2n) is 7.24. The third-order valence-electron chi connectivity index (χ3n) is 4.81. The molecule has 168 valence electrons. The van der Waals surface area contributed by atoms with Crippen LogP contribution in [0.2, 0.25) is 5.02 Å². The number of alkyl halides is 3. The maximum absolute atomic E-state index is 12.7. The van der Waals surface area contributed by atoms with Gasteiger partial charge >= 0.3 is 6.18 Å². The Kier molecular flexibility index (Phi) is 5.72. The minimum atomic E-state index is -4.57. The van der Waals surface area contributed by atoms with E-state index in [1.807, 2.05) is 0 Å². The van der Waals surface area contributed by atoms with Crippen molar-refractivity contribution >= 4 is 38.2 Å². The van der Waals surface area contributed by atoms with Crippen LogP contribution in [-0.4, -0.2) is 41.8 Å². The van der Waals surface area contributed by atoms with Gasteiger partial charge in [-0.1, -0.05) is 17.7 Å². The van der Waals surface area contributed by atoms with E-state index >= 15 is 0 Å². The molecule has 0 spiro atoms. The highest BCUT2D eigenvalue weighted by Crippen LogP contribution is 2.35. The minimum Gasteiger partial charge on any atom is -0.438 e. The molecule has 1 aromatic carbocycles. The third-order valence-corrected chi connectivity index (χ3v) is 6.85. The summed E-state index contributed by atoms with van der Waals surface area (Å²) >= 11 is 5.86. The molecule has 4 rings (SSSR count). The van der Waals surface area contributed by atoms with Crippen molar-refractivity contribution in [3.63, 3.8) is 0 Å². The summed E-state index contributed by atoms with van der Waals surface area (Å²) in [5.41, 5.74) is -0.392. The zero-order valence-electron chi connectivity index (χ0n) is 16.2. The molecule has 1 aliphatic heterocycles. The van der Waals surface area contributed by atoms with E-state index in [0.717, 1.165) is 6.07 Å². The molecule has 0 aliphatic carbocycles. The number of ether oxygens (including phenoxy) is 1. The predicted molar refractivity (Wildman–Crippen MR) is 111 cm³/mol. The maximum atomic E-state index is 12.7. The Morgan fingerprint density at radius 2 is 1.97 bits per heavy atom. The van der Waals surface area contributed by atoms with Gasteiger partial charge in [-0.3, -0.25) is 4.79 Å². The first-order valence-corrected chi connectivity index (χ1v) is 11.5. The summed E-state index contributed by atoms with van der Waals surface area (Å²) in [5, 5.41) is 2.98. The molecule has 0 radical (unpaired) electrons. The largest absolute Gasteiger partial charge is 0.438 e. The van der Waals surface area contributed by atoms with Gasteiger partial charge in [0.2, 0.25) is 5.88 Å². The van der Waals surface area contributed by atoms with Crippen molar-refractivity contribution in [2.45, 2.75) is 18.6 Å². The number of benzene rings is 1. The predicted octanol–water partition coefficient (Wildman–Crippen LogP) is 4.01. The second kappa shape index (κ2) is 8.21. The van der Waals surface area contributed by atoms with E-state index in [4.69, 9.17) is 16.3 Å². The van der Waals surface area contributed by atoms with E-state index in [1.165, 1.54) is 12.1 Å². The number of amides is 1. The first kappa shape index (κ1) is 22.3. The average molecular weight is 486 g/mol. The number of pyridine rings is 2. The van der Waals surface area contributed by atoms with Crippen LogP contribution >= 0.6 is 11.6 Å².